The maximum absolute atomic E-state index is 11.6. The molecule has 0 heterocycles. The normalized spacial score (nSPS) is 12.0. The van der Waals surface area contributed by atoms with Crippen molar-refractivity contribution in [2.45, 2.75) is 44.9 Å². The van der Waals surface area contributed by atoms with Crippen molar-refractivity contribution in [1.82, 2.24) is 5.43 Å². The molecule has 0 aliphatic heterocycles. The second kappa shape index (κ2) is 22.5. The van der Waals surface area contributed by atoms with Gasteiger partial charge in [0.1, 0.15) is 57.5 Å². The van der Waals surface area contributed by atoms with E-state index in [1.165, 1.54) is 11.8 Å². The molecule has 0 aromatic heterocycles. The van der Waals surface area contributed by atoms with E-state index >= 15 is 0 Å². The van der Waals surface area contributed by atoms with Gasteiger partial charge in [-0.1, -0.05) is 0 Å². The first-order valence-electron chi connectivity index (χ1n) is 21.0. The lowest BCUT2D eigenvalue weighted by Gasteiger charge is -2.20. The lowest BCUT2D eigenvalue weighted by molar-refractivity contribution is -0.118. The van der Waals surface area contributed by atoms with Crippen molar-refractivity contribution in [1.29, 1.82) is 0 Å². The number of hydrogen-bond acceptors (Lipinski definition) is 13. The second-order valence-corrected chi connectivity index (χ2v) is 16.3. The average molecular weight is 897 g/mol. The summed E-state index contributed by atoms with van der Waals surface area (Å²) >= 11 is 1.54. The molecule has 0 unspecified atom stereocenters. The maximum Gasteiger partial charge on any atom is 0.243 e. The molecule has 15 rings (SSSR count). The Morgan fingerprint density at radius 2 is 0.656 bits per heavy atom. The molecule has 0 radical (unpaired) electrons. The predicted octanol–water partition coefficient (Wildman–Crippen LogP) is 7.91. The first kappa shape index (κ1) is 47.4. The highest BCUT2D eigenvalue weighted by atomic mass is 32.2. The van der Waals surface area contributed by atoms with Gasteiger partial charge in [-0.05, 0) is 79.3 Å². The quantitative estimate of drug-likeness (QED) is 0.0396. The first-order chi connectivity index (χ1) is 31.1. The Kier molecular flexibility index (Phi) is 16.6. The molecule has 10 aliphatic rings. The van der Waals surface area contributed by atoms with Gasteiger partial charge in [0, 0.05) is 87.7 Å². The maximum atomic E-state index is 11.6. The van der Waals surface area contributed by atoms with Crippen molar-refractivity contribution in [3.63, 3.8) is 0 Å². The van der Waals surface area contributed by atoms with E-state index in [0.29, 0.717) is 102 Å². The number of rotatable bonds is 17. The summed E-state index contributed by atoms with van der Waals surface area (Å²) in [6.07, 6.45) is 4.01. The van der Waals surface area contributed by atoms with Crippen molar-refractivity contribution in [2.24, 2.45) is 5.84 Å². The van der Waals surface area contributed by atoms with Crippen molar-refractivity contribution in [3.8, 4) is 57.5 Å². The third-order valence-corrected chi connectivity index (χ3v) is 12.5. The van der Waals surface area contributed by atoms with Crippen LogP contribution in [0.15, 0.2) is 60.7 Å². The summed E-state index contributed by atoms with van der Waals surface area (Å²) in [6, 6.07) is 20.2. The number of nitrogens with two attached hydrogens (primary N) is 1. The van der Waals surface area contributed by atoms with Gasteiger partial charge in [-0.15, -0.1) is 0 Å². The van der Waals surface area contributed by atoms with Crippen LogP contribution in [0.5, 0.6) is 57.5 Å². The highest BCUT2D eigenvalue weighted by Gasteiger charge is 2.23. The number of methoxy groups -OCH3 is 9. The number of benzene rings is 5. The van der Waals surface area contributed by atoms with E-state index in [4.69, 9.17) is 53.2 Å². The Balaban J connectivity index is 1.52. The molecule has 0 atom stereocenters. The highest BCUT2D eigenvalue weighted by Crippen LogP contribution is 2.42. The van der Waals surface area contributed by atoms with Gasteiger partial charge in [-0.2, -0.15) is 11.8 Å². The standard InChI is InChI=1S/C50H60N2O11S/c1-54-40-21-32-15-34-23-45(59-6)36(25-44(34)58-5)17-38-28-49(63-12-10-11-13-64-29-50(53)52-51)39(27-48(38)62-9)18-37-26-46(60-7)35(24-47(37)61-8)16-33-22-42(56-3)31(20-43(33)57-4)14-30(40)19-41(32)55-2/h19-28H,10-18,29,51H2,1-9H3,(H,52,53). The minimum atomic E-state index is -0.199. The molecule has 10 aliphatic carbocycles. The number of thioether (sulfide) groups is 1. The van der Waals surface area contributed by atoms with Crippen LogP contribution in [-0.4, -0.2) is 88.0 Å². The fraction of sp³-hybridized carbons (Fsp3) is 0.380. The first-order valence-corrected chi connectivity index (χ1v) is 22.1. The summed E-state index contributed by atoms with van der Waals surface area (Å²) in [5, 5.41) is 0. The van der Waals surface area contributed by atoms with Crippen LogP contribution >= 0.6 is 11.8 Å². The zero-order valence-corrected chi connectivity index (χ0v) is 39.1. The largest absolute Gasteiger partial charge is 0.496 e. The summed E-state index contributed by atoms with van der Waals surface area (Å²) < 4.78 is 61.0. The van der Waals surface area contributed by atoms with Crippen molar-refractivity contribution in [3.05, 3.63) is 116 Å². The van der Waals surface area contributed by atoms with Crippen LogP contribution in [-0.2, 0) is 36.9 Å². The molecule has 0 fully saturated rings. The third kappa shape index (κ3) is 11.0. The summed E-state index contributed by atoms with van der Waals surface area (Å²) in [6.45, 7) is 0.465. The molecule has 64 heavy (non-hydrogen) atoms. The number of carbonyl (C=O) groups excluding carboxylic acids is 1. The molecule has 342 valence electrons. The van der Waals surface area contributed by atoms with Gasteiger partial charge >= 0.3 is 0 Å². The average Bonchev–Trinajstić information content (AvgIpc) is 3.32. The van der Waals surface area contributed by atoms with Crippen LogP contribution in [0.3, 0.4) is 0 Å². The Morgan fingerprint density at radius 3 is 0.891 bits per heavy atom. The molecule has 10 bridgehead atoms. The van der Waals surface area contributed by atoms with Gasteiger partial charge in [-0.3, -0.25) is 10.2 Å². The fourth-order valence-corrected chi connectivity index (χ4v) is 8.99. The smallest absolute Gasteiger partial charge is 0.243 e. The molecular weight excluding hydrogens is 837 g/mol. The van der Waals surface area contributed by atoms with Gasteiger partial charge in [-0.25, -0.2) is 5.84 Å². The van der Waals surface area contributed by atoms with Crippen LogP contribution in [0.25, 0.3) is 0 Å². The molecule has 14 heteroatoms. The minimum Gasteiger partial charge on any atom is -0.496 e. The molecule has 13 nitrogen and oxygen atoms in total. The lowest BCUT2D eigenvalue weighted by atomic mass is 9.94. The molecule has 1 amide bonds. The van der Waals surface area contributed by atoms with Crippen LogP contribution in [0.2, 0.25) is 0 Å². The zero-order chi connectivity index (χ0) is 45.8. The number of hydrogen-bond donors (Lipinski definition) is 2. The summed E-state index contributed by atoms with van der Waals surface area (Å²) in [4.78, 5) is 11.6. The van der Waals surface area contributed by atoms with Gasteiger partial charge in [0.15, 0.2) is 0 Å². The molecule has 0 spiro atoms. The number of nitrogens with one attached hydrogen (secondary N) is 1. The summed E-state index contributed by atoms with van der Waals surface area (Å²) in [5.41, 5.74) is 11.3. The lowest BCUT2D eigenvalue weighted by Crippen LogP contribution is -2.31. The Labute approximate surface area is 380 Å². The van der Waals surface area contributed by atoms with Crippen LogP contribution in [0, 0.1) is 0 Å². The topological polar surface area (TPSA) is 147 Å². The summed E-state index contributed by atoms with van der Waals surface area (Å²) in [7, 11) is 15.0. The van der Waals surface area contributed by atoms with Crippen molar-refractivity contribution < 1.29 is 52.2 Å². The van der Waals surface area contributed by atoms with E-state index in [2.05, 4.69) is 11.5 Å². The SMILES string of the molecule is COc1cc2c(OC)cc1Cc1cc(OC)c(cc1OC)Cc1cc(OC)c(cc1OC)Cc1cc(OC)c(cc1OCCCCSCC(=O)NN)Cc1cc(OC)c(cc1OC)C2. The van der Waals surface area contributed by atoms with Gasteiger partial charge in [0.25, 0.3) is 0 Å². The molecule has 0 saturated heterocycles. The van der Waals surface area contributed by atoms with Gasteiger partial charge in [0.2, 0.25) is 5.91 Å². The number of carbonyl (C=O) groups is 1. The van der Waals surface area contributed by atoms with E-state index in [1.54, 1.807) is 64.0 Å². The summed E-state index contributed by atoms with van der Waals surface area (Å²) in [5.74, 6) is 13.1. The van der Waals surface area contributed by atoms with Crippen LogP contribution in [0.1, 0.15) is 68.5 Å². The van der Waals surface area contributed by atoms with Crippen molar-refractivity contribution in [2.75, 3.05) is 82.1 Å². The van der Waals surface area contributed by atoms with E-state index < -0.39 is 0 Å². The zero-order valence-electron chi connectivity index (χ0n) is 38.3. The fourth-order valence-electron chi connectivity index (χ4n) is 8.17. The third-order valence-electron chi connectivity index (χ3n) is 11.4. The predicted molar refractivity (Wildman–Crippen MR) is 250 cm³/mol. The monoisotopic (exact) mass is 896 g/mol. The Hall–Kier alpha value is -6.12. The van der Waals surface area contributed by atoms with Gasteiger partial charge < -0.3 is 47.4 Å². The Bertz CT molecular complexity index is 2420. The molecule has 3 N–H and O–H groups in total. The molecule has 5 aromatic carbocycles. The molecular formula is C50H60N2O11S. The number of unbranched alkanes of at least 4 members (excludes halogenated alkanes) is 1. The molecule has 0 saturated carbocycles. The van der Waals surface area contributed by atoms with E-state index in [0.717, 1.165) is 74.2 Å². The Morgan fingerprint density at radius 1 is 0.422 bits per heavy atom. The van der Waals surface area contributed by atoms with Gasteiger partial charge in [0.05, 0.1) is 76.3 Å². The van der Waals surface area contributed by atoms with E-state index in [9.17, 15) is 4.79 Å². The second-order valence-electron chi connectivity index (χ2n) is 15.2. The number of ether oxygens (including phenoxy) is 10. The van der Waals surface area contributed by atoms with E-state index in [-0.39, 0.29) is 5.91 Å². The van der Waals surface area contributed by atoms with E-state index in [1.807, 2.05) is 54.6 Å². The van der Waals surface area contributed by atoms with Crippen LogP contribution in [0.4, 0.5) is 0 Å². The number of hydrazine groups is 1. The minimum absolute atomic E-state index is 0.199. The van der Waals surface area contributed by atoms with Crippen LogP contribution < -0.4 is 58.6 Å². The highest BCUT2D eigenvalue weighted by molar-refractivity contribution is 7.99. The number of amides is 1. The van der Waals surface area contributed by atoms with Crippen molar-refractivity contribution >= 4 is 17.7 Å². The molecule has 5 aromatic rings.